The molecule has 1 aliphatic carbocycles. The summed E-state index contributed by atoms with van der Waals surface area (Å²) in [7, 11) is 1.53. The maximum absolute atomic E-state index is 13.0. The summed E-state index contributed by atoms with van der Waals surface area (Å²) < 4.78 is 18.4. The molecule has 0 heterocycles. The van der Waals surface area contributed by atoms with E-state index in [-0.39, 0.29) is 35.2 Å². The van der Waals surface area contributed by atoms with Crippen molar-refractivity contribution in [1.82, 2.24) is 10.2 Å². The topological polar surface area (TPSA) is 58.6 Å². The van der Waals surface area contributed by atoms with Crippen LogP contribution in [-0.2, 0) is 9.59 Å². The summed E-state index contributed by atoms with van der Waals surface area (Å²) in [5.41, 5.74) is 0. The molecule has 2 amide bonds. The van der Waals surface area contributed by atoms with Crippen LogP contribution in [0.15, 0.2) is 18.2 Å². The van der Waals surface area contributed by atoms with Crippen molar-refractivity contribution in [3.8, 4) is 5.75 Å². The van der Waals surface area contributed by atoms with Crippen LogP contribution in [-0.4, -0.2) is 42.5 Å². The van der Waals surface area contributed by atoms with E-state index in [1.807, 2.05) is 0 Å². The molecule has 0 aliphatic heterocycles. The van der Waals surface area contributed by atoms with Gasteiger partial charge in [0.05, 0.1) is 11.6 Å². The van der Waals surface area contributed by atoms with Gasteiger partial charge in [0.15, 0.2) is 6.10 Å². The lowest BCUT2D eigenvalue weighted by molar-refractivity contribution is -0.140. The Morgan fingerprint density at radius 1 is 1.50 bits per heavy atom. The number of amides is 2. The van der Waals surface area contributed by atoms with Gasteiger partial charge in [0.2, 0.25) is 5.91 Å². The minimum atomic E-state index is -0.832. The Balaban J connectivity index is 1.88. The number of hydrogen-bond acceptors (Lipinski definition) is 3. The summed E-state index contributed by atoms with van der Waals surface area (Å²) in [5.74, 6) is -0.804. The molecule has 1 atom stereocenters. The van der Waals surface area contributed by atoms with E-state index in [0.29, 0.717) is 0 Å². The number of nitrogens with zero attached hydrogens (tertiary/aromatic N) is 1. The lowest BCUT2D eigenvalue weighted by Gasteiger charge is -2.22. The van der Waals surface area contributed by atoms with E-state index >= 15 is 0 Å². The minimum absolute atomic E-state index is 0.0276. The SMILES string of the molecule is CC(Oc1ccc(F)cc1Cl)C(=O)N(C)CC(=O)NC1CC1. The fourth-order valence-electron chi connectivity index (χ4n) is 1.92. The Labute approximate surface area is 133 Å². The summed E-state index contributed by atoms with van der Waals surface area (Å²) in [4.78, 5) is 25.1. The molecule has 5 nitrogen and oxygen atoms in total. The molecule has 0 bridgehead atoms. The number of likely N-dealkylation sites (N-methyl/N-ethyl adjacent to an activating group) is 1. The third-order valence-electron chi connectivity index (χ3n) is 3.24. The van der Waals surface area contributed by atoms with Crippen molar-refractivity contribution in [1.29, 1.82) is 0 Å². The number of carbonyl (C=O) groups excluding carboxylic acids is 2. The van der Waals surface area contributed by atoms with Gasteiger partial charge in [0, 0.05) is 13.1 Å². The highest BCUT2D eigenvalue weighted by Gasteiger charge is 2.26. The zero-order valence-corrected chi connectivity index (χ0v) is 13.2. The van der Waals surface area contributed by atoms with Gasteiger partial charge in [-0.2, -0.15) is 0 Å². The number of benzene rings is 1. The van der Waals surface area contributed by atoms with Crippen LogP contribution in [0.4, 0.5) is 4.39 Å². The van der Waals surface area contributed by atoms with E-state index in [1.54, 1.807) is 6.92 Å². The molecule has 1 aromatic rings. The van der Waals surface area contributed by atoms with Crippen LogP contribution >= 0.6 is 11.6 Å². The third-order valence-corrected chi connectivity index (χ3v) is 3.54. The zero-order valence-electron chi connectivity index (χ0n) is 12.4. The van der Waals surface area contributed by atoms with Gasteiger partial charge in [-0.15, -0.1) is 0 Å². The quantitative estimate of drug-likeness (QED) is 0.868. The molecule has 2 rings (SSSR count). The Morgan fingerprint density at radius 3 is 2.77 bits per heavy atom. The molecule has 1 aliphatic rings. The molecule has 0 saturated heterocycles. The number of ether oxygens (including phenoxy) is 1. The number of rotatable bonds is 6. The molecule has 120 valence electrons. The normalized spacial score (nSPS) is 15.1. The predicted octanol–water partition coefficient (Wildman–Crippen LogP) is 1.98. The molecule has 22 heavy (non-hydrogen) atoms. The van der Waals surface area contributed by atoms with E-state index in [0.717, 1.165) is 18.9 Å². The van der Waals surface area contributed by atoms with Crippen molar-refractivity contribution in [2.45, 2.75) is 31.9 Å². The smallest absolute Gasteiger partial charge is 0.263 e. The van der Waals surface area contributed by atoms with Crippen LogP contribution in [0.2, 0.25) is 5.02 Å². The Kier molecular flexibility index (Phi) is 5.24. The second kappa shape index (κ2) is 6.96. The summed E-state index contributed by atoms with van der Waals surface area (Å²) in [6.07, 6.45) is 1.15. The van der Waals surface area contributed by atoms with Crippen molar-refractivity contribution in [2.75, 3.05) is 13.6 Å². The van der Waals surface area contributed by atoms with E-state index in [2.05, 4.69) is 5.32 Å². The molecule has 1 saturated carbocycles. The maximum atomic E-state index is 13.0. The van der Waals surface area contributed by atoms with Gasteiger partial charge in [0.25, 0.3) is 5.91 Å². The van der Waals surface area contributed by atoms with E-state index in [4.69, 9.17) is 16.3 Å². The fraction of sp³-hybridized carbons (Fsp3) is 0.467. The zero-order chi connectivity index (χ0) is 16.3. The van der Waals surface area contributed by atoms with E-state index in [1.165, 1.54) is 24.1 Å². The number of hydrogen-bond donors (Lipinski definition) is 1. The van der Waals surface area contributed by atoms with Crippen LogP contribution in [0.25, 0.3) is 0 Å². The second-order valence-corrected chi connectivity index (χ2v) is 5.78. The molecule has 0 radical (unpaired) electrons. The van der Waals surface area contributed by atoms with Crippen LogP contribution < -0.4 is 10.1 Å². The minimum Gasteiger partial charge on any atom is -0.479 e. The molecule has 1 fully saturated rings. The highest BCUT2D eigenvalue weighted by Crippen LogP contribution is 2.26. The first-order chi connectivity index (χ1) is 10.4. The average molecular weight is 329 g/mol. The monoisotopic (exact) mass is 328 g/mol. The second-order valence-electron chi connectivity index (χ2n) is 5.37. The van der Waals surface area contributed by atoms with Gasteiger partial charge >= 0.3 is 0 Å². The van der Waals surface area contributed by atoms with Gasteiger partial charge in [-0.25, -0.2) is 4.39 Å². The molecular formula is C15H18ClFN2O3. The van der Waals surface area contributed by atoms with Crippen LogP contribution in [0, 0.1) is 5.82 Å². The van der Waals surface area contributed by atoms with E-state index in [9.17, 15) is 14.0 Å². The van der Waals surface area contributed by atoms with Crippen molar-refractivity contribution < 1.29 is 18.7 Å². The Morgan fingerprint density at radius 2 is 2.18 bits per heavy atom. The van der Waals surface area contributed by atoms with Gasteiger partial charge < -0.3 is 15.0 Å². The summed E-state index contributed by atoms with van der Waals surface area (Å²) in [5, 5.41) is 2.90. The first-order valence-corrected chi connectivity index (χ1v) is 7.40. The fourth-order valence-corrected chi connectivity index (χ4v) is 2.13. The molecule has 0 spiro atoms. The standard InChI is InChI=1S/C15H18ClFN2O3/c1-9(22-13-6-3-10(17)7-12(13)16)15(21)19(2)8-14(20)18-11-4-5-11/h3,6-7,9,11H,4-5,8H2,1-2H3,(H,18,20). The van der Waals surface area contributed by atoms with Crippen LogP contribution in [0.5, 0.6) is 5.75 Å². The van der Waals surface area contributed by atoms with Crippen molar-refractivity contribution in [2.24, 2.45) is 0 Å². The van der Waals surface area contributed by atoms with Crippen molar-refractivity contribution >= 4 is 23.4 Å². The first kappa shape index (κ1) is 16.5. The lowest BCUT2D eigenvalue weighted by atomic mass is 10.3. The van der Waals surface area contributed by atoms with Crippen LogP contribution in [0.3, 0.4) is 0 Å². The highest BCUT2D eigenvalue weighted by molar-refractivity contribution is 6.32. The Hall–Kier alpha value is -1.82. The third kappa shape index (κ3) is 4.59. The summed E-state index contributed by atoms with van der Waals surface area (Å²) in [6, 6.07) is 3.93. The average Bonchev–Trinajstić information content (AvgIpc) is 3.24. The molecule has 1 aromatic carbocycles. The van der Waals surface area contributed by atoms with Gasteiger partial charge in [-0.05, 0) is 38.0 Å². The van der Waals surface area contributed by atoms with E-state index < -0.39 is 11.9 Å². The lowest BCUT2D eigenvalue weighted by Crippen LogP contribution is -2.44. The molecule has 1 N–H and O–H groups in total. The summed E-state index contributed by atoms with van der Waals surface area (Å²) >= 11 is 5.85. The molecule has 1 unspecified atom stereocenters. The Bertz CT molecular complexity index is 578. The van der Waals surface area contributed by atoms with Crippen molar-refractivity contribution in [3.63, 3.8) is 0 Å². The molecule has 7 heteroatoms. The maximum Gasteiger partial charge on any atom is 0.263 e. The largest absolute Gasteiger partial charge is 0.479 e. The molecule has 0 aromatic heterocycles. The van der Waals surface area contributed by atoms with Gasteiger partial charge in [0.1, 0.15) is 11.6 Å². The van der Waals surface area contributed by atoms with Crippen LogP contribution in [0.1, 0.15) is 19.8 Å². The highest BCUT2D eigenvalue weighted by atomic mass is 35.5. The first-order valence-electron chi connectivity index (χ1n) is 7.03. The number of carbonyl (C=O) groups is 2. The predicted molar refractivity (Wildman–Crippen MR) is 80.3 cm³/mol. The number of halogens is 2. The molecular weight excluding hydrogens is 311 g/mol. The van der Waals surface area contributed by atoms with Crippen molar-refractivity contribution in [3.05, 3.63) is 29.0 Å². The number of nitrogens with one attached hydrogen (secondary N) is 1. The summed E-state index contributed by atoms with van der Waals surface area (Å²) in [6.45, 7) is 1.53. The van der Waals surface area contributed by atoms with Gasteiger partial charge in [-0.1, -0.05) is 11.6 Å². The van der Waals surface area contributed by atoms with Gasteiger partial charge in [-0.3, -0.25) is 9.59 Å².